The molecule has 0 saturated heterocycles. The first-order valence-electron chi connectivity index (χ1n) is 11.6. The molecule has 1 unspecified atom stereocenters. The molecule has 8 heteroatoms. The fourth-order valence-corrected chi connectivity index (χ4v) is 4.83. The van der Waals surface area contributed by atoms with Gasteiger partial charge in [0.05, 0.1) is 7.11 Å². The van der Waals surface area contributed by atoms with Crippen molar-refractivity contribution in [3.05, 3.63) is 108 Å². The quantitative estimate of drug-likeness (QED) is 0.276. The molecule has 2 N–H and O–H groups in total. The molecular formula is C29H24N2O5S. The molecule has 0 fully saturated rings. The average molecular weight is 513 g/mol. The van der Waals surface area contributed by atoms with Crippen LogP contribution in [0.3, 0.4) is 0 Å². The van der Waals surface area contributed by atoms with Crippen LogP contribution in [-0.2, 0) is 4.79 Å². The normalized spacial score (nSPS) is 12.5. The largest absolute Gasteiger partial charge is 0.497 e. The molecule has 1 heterocycles. The number of ether oxygens (including phenoxy) is 3. The number of carbonyl (C=O) groups excluding carboxylic acids is 2. The zero-order valence-electron chi connectivity index (χ0n) is 20.0. The van der Waals surface area contributed by atoms with E-state index in [1.807, 2.05) is 54.6 Å². The third-order valence-corrected chi connectivity index (χ3v) is 6.94. The summed E-state index contributed by atoms with van der Waals surface area (Å²) in [5, 5.41) is 5.39. The smallest absolute Gasteiger partial charge is 0.255 e. The molecule has 0 aromatic heterocycles. The summed E-state index contributed by atoms with van der Waals surface area (Å²) in [5.41, 5.74) is 2.66. The summed E-state index contributed by atoms with van der Waals surface area (Å²) in [6, 6.07) is 29.3. The number of thioether (sulfide) groups is 1. The Morgan fingerprint density at radius 2 is 1.57 bits per heavy atom. The molecule has 1 aliphatic heterocycles. The Morgan fingerprint density at radius 1 is 0.811 bits per heavy atom. The van der Waals surface area contributed by atoms with Gasteiger partial charge in [-0.2, -0.15) is 0 Å². The number of amides is 2. The average Bonchev–Trinajstić information content (AvgIpc) is 3.41. The number of rotatable bonds is 8. The Morgan fingerprint density at radius 3 is 2.35 bits per heavy atom. The summed E-state index contributed by atoms with van der Waals surface area (Å²) >= 11 is 1.43. The first-order valence-corrected chi connectivity index (χ1v) is 12.4. The summed E-state index contributed by atoms with van der Waals surface area (Å²) in [6.07, 6.45) is 0. The lowest BCUT2D eigenvalue weighted by Gasteiger charge is -2.17. The van der Waals surface area contributed by atoms with Gasteiger partial charge in [-0.05, 0) is 60.2 Å². The third-order valence-electron chi connectivity index (χ3n) is 5.68. The van der Waals surface area contributed by atoms with Gasteiger partial charge in [-0.1, -0.05) is 36.4 Å². The van der Waals surface area contributed by atoms with Crippen LogP contribution in [0.25, 0.3) is 0 Å². The maximum absolute atomic E-state index is 13.4. The second-order valence-electron chi connectivity index (χ2n) is 8.18. The van der Waals surface area contributed by atoms with E-state index in [1.54, 1.807) is 49.6 Å². The van der Waals surface area contributed by atoms with E-state index in [9.17, 15) is 9.59 Å². The van der Waals surface area contributed by atoms with Gasteiger partial charge in [-0.25, -0.2) is 0 Å². The van der Waals surface area contributed by atoms with Gasteiger partial charge in [0, 0.05) is 27.9 Å². The van der Waals surface area contributed by atoms with E-state index in [4.69, 9.17) is 14.2 Å². The van der Waals surface area contributed by atoms with E-state index in [0.29, 0.717) is 34.2 Å². The number of benzene rings is 4. The molecule has 0 radical (unpaired) electrons. The minimum Gasteiger partial charge on any atom is -0.497 e. The molecule has 0 aliphatic carbocycles. The molecule has 0 spiro atoms. The van der Waals surface area contributed by atoms with Gasteiger partial charge in [0.1, 0.15) is 11.0 Å². The molecule has 186 valence electrons. The molecule has 4 aromatic carbocycles. The van der Waals surface area contributed by atoms with Crippen molar-refractivity contribution < 1.29 is 23.8 Å². The molecule has 0 bridgehead atoms. The number of anilines is 2. The van der Waals surface area contributed by atoms with Crippen molar-refractivity contribution in [1.82, 2.24) is 0 Å². The van der Waals surface area contributed by atoms with Gasteiger partial charge < -0.3 is 24.8 Å². The monoisotopic (exact) mass is 512 g/mol. The minimum absolute atomic E-state index is 0.162. The molecule has 37 heavy (non-hydrogen) atoms. The Labute approximate surface area is 218 Å². The number of nitrogens with one attached hydrogen (secondary N) is 2. The summed E-state index contributed by atoms with van der Waals surface area (Å²) < 4.78 is 16.0. The minimum atomic E-state index is -0.496. The number of methoxy groups -OCH3 is 1. The van der Waals surface area contributed by atoms with Crippen LogP contribution >= 0.6 is 11.8 Å². The Kier molecular flexibility index (Phi) is 7.28. The van der Waals surface area contributed by atoms with Crippen LogP contribution in [0.5, 0.6) is 17.2 Å². The summed E-state index contributed by atoms with van der Waals surface area (Å²) in [7, 11) is 1.56. The van der Waals surface area contributed by atoms with Crippen LogP contribution in [0.1, 0.15) is 21.2 Å². The van der Waals surface area contributed by atoms with E-state index in [2.05, 4.69) is 10.6 Å². The number of hydrogen-bond acceptors (Lipinski definition) is 6. The van der Waals surface area contributed by atoms with Crippen molar-refractivity contribution in [3.8, 4) is 17.2 Å². The fraction of sp³-hybridized carbons (Fsp3) is 0.103. The number of hydrogen-bond donors (Lipinski definition) is 2. The zero-order chi connectivity index (χ0) is 25.6. The lowest BCUT2D eigenvalue weighted by Crippen LogP contribution is -2.19. The highest BCUT2D eigenvalue weighted by Crippen LogP contribution is 2.38. The zero-order valence-corrected chi connectivity index (χ0v) is 20.8. The Balaban J connectivity index is 1.29. The maximum Gasteiger partial charge on any atom is 0.255 e. The van der Waals surface area contributed by atoms with Crippen LogP contribution < -0.4 is 24.8 Å². The van der Waals surface area contributed by atoms with Gasteiger partial charge in [-0.3, -0.25) is 9.59 Å². The van der Waals surface area contributed by atoms with Gasteiger partial charge in [0.2, 0.25) is 12.7 Å². The fourth-order valence-electron chi connectivity index (χ4n) is 3.80. The third kappa shape index (κ3) is 5.87. The molecule has 1 atom stereocenters. The maximum atomic E-state index is 13.4. The van der Waals surface area contributed by atoms with E-state index in [0.717, 1.165) is 10.5 Å². The molecule has 7 nitrogen and oxygen atoms in total. The highest BCUT2D eigenvalue weighted by molar-refractivity contribution is 8.00. The van der Waals surface area contributed by atoms with Crippen LogP contribution in [0.2, 0.25) is 0 Å². The lowest BCUT2D eigenvalue weighted by molar-refractivity contribution is -0.115. The van der Waals surface area contributed by atoms with Crippen LogP contribution in [0, 0.1) is 0 Å². The van der Waals surface area contributed by atoms with Crippen molar-refractivity contribution in [2.45, 2.75) is 10.1 Å². The van der Waals surface area contributed by atoms with E-state index < -0.39 is 5.25 Å². The first kappa shape index (κ1) is 24.3. The second kappa shape index (κ2) is 11.1. The van der Waals surface area contributed by atoms with E-state index >= 15 is 0 Å². The van der Waals surface area contributed by atoms with Gasteiger partial charge in [-0.15, -0.1) is 11.8 Å². The molecule has 5 rings (SSSR count). The Hall–Kier alpha value is -4.43. The molecule has 4 aromatic rings. The standard InChI is InChI=1S/C29H24N2O5S/c1-34-23-9-5-8-20(16-23)28(32)30-21-10-13-24(14-11-21)37-27(19-6-3-2-4-7-19)29(33)31-22-12-15-25-26(17-22)36-18-35-25/h2-17,27H,18H2,1H3,(H,30,32)(H,31,33). The van der Waals surface area contributed by atoms with Gasteiger partial charge >= 0.3 is 0 Å². The van der Waals surface area contributed by atoms with Crippen molar-refractivity contribution in [2.24, 2.45) is 0 Å². The topological polar surface area (TPSA) is 85.9 Å². The molecule has 2 amide bonds. The number of carbonyl (C=O) groups is 2. The molecular weight excluding hydrogens is 488 g/mol. The van der Waals surface area contributed by atoms with Crippen molar-refractivity contribution in [1.29, 1.82) is 0 Å². The summed E-state index contributed by atoms with van der Waals surface area (Å²) in [6.45, 7) is 0.172. The Bertz CT molecular complexity index is 1410. The highest BCUT2D eigenvalue weighted by atomic mass is 32.2. The van der Waals surface area contributed by atoms with Crippen molar-refractivity contribution in [2.75, 3.05) is 24.5 Å². The van der Waals surface area contributed by atoms with Crippen molar-refractivity contribution >= 4 is 35.0 Å². The first-order chi connectivity index (χ1) is 18.1. The van der Waals surface area contributed by atoms with Gasteiger partial charge in [0.25, 0.3) is 5.91 Å². The van der Waals surface area contributed by atoms with Crippen LogP contribution in [0.15, 0.2) is 102 Å². The summed E-state index contributed by atoms with van der Waals surface area (Å²) in [4.78, 5) is 26.9. The predicted molar refractivity (Wildman–Crippen MR) is 144 cm³/mol. The molecule has 0 saturated carbocycles. The van der Waals surface area contributed by atoms with Crippen LogP contribution in [-0.4, -0.2) is 25.7 Å². The van der Waals surface area contributed by atoms with Crippen molar-refractivity contribution in [3.63, 3.8) is 0 Å². The van der Waals surface area contributed by atoms with Gasteiger partial charge in [0.15, 0.2) is 11.5 Å². The van der Waals surface area contributed by atoms with E-state index in [-0.39, 0.29) is 18.6 Å². The number of fused-ring (bicyclic) bond motifs is 1. The SMILES string of the molecule is COc1cccc(C(=O)Nc2ccc(SC(C(=O)Nc3ccc4c(c3)OCO4)c3ccccc3)cc2)c1. The predicted octanol–water partition coefficient (Wildman–Crippen LogP) is 6.15. The molecule has 1 aliphatic rings. The highest BCUT2D eigenvalue weighted by Gasteiger charge is 2.23. The second-order valence-corrected chi connectivity index (χ2v) is 9.35. The van der Waals surface area contributed by atoms with E-state index in [1.165, 1.54) is 11.8 Å². The van der Waals surface area contributed by atoms with Crippen LogP contribution in [0.4, 0.5) is 11.4 Å². The summed E-state index contributed by atoms with van der Waals surface area (Å²) in [5.74, 6) is 1.49. The lowest BCUT2D eigenvalue weighted by atomic mass is 10.1.